The fraction of sp³-hybridized carbons (Fsp3) is 0.269. The van der Waals surface area contributed by atoms with Crippen LogP contribution in [0, 0.1) is 0 Å². The highest BCUT2D eigenvalue weighted by atomic mass is 16.5. The van der Waals surface area contributed by atoms with Gasteiger partial charge in [-0.1, -0.05) is 36.4 Å². The van der Waals surface area contributed by atoms with E-state index in [2.05, 4.69) is 10.3 Å². The molecule has 34 heavy (non-hydrogen) atoms. The van der Waals surface area contributed by atoms with Crippen LogP contribution in [0.15, 0.2) is 48.5 Å². The maximum absolute atomic E-state index is 13.1. The minimum atomic E-state index is -1.37. The quantitative estimate of drug-likeness (QED) is 0.265. The van der Waals surface area contributed by atoms with E-state index in [1.54, 1.807) is 6.92 Å². The zero-order valence-electron chi connectivity index (χ0n) is 18.3. The number of rotatable bonds is 1. The molecule has 0 aliphatic carbocycles. The van der Waals surface area contributed by atoms with Crippen LogP contribution in [0.4, 0.5) is 0 Å². The summed E-state index contributed by atoms with van der Waals surface area (Å²) in [5.74, 6) is -0.135. The van der Waals surface area contributed by atoms with Gasteiger partial charge in [-0.2, -0.15) is 0 Å². The predicted molar refractivity (Wildman–Crippen MR) is 128 cm³/mol. The van der Waals surface area contributed by atoms with Gasteiger partial charge in [-0.15, -0.1) is 0 Å². The van der Waals surface area contributed by atoms with Crippen molar-refractivity contribution in [2.45, 2.75) is 44.1 Å². The Bertz CT molecular complexity index is 1650. The van der Waals surface area contributed by atoms with Crippen molar-refractivity contribution >= 4 is 49.5 Å². The first-order chi connectivity index (χ1) is 16.5. The number of ether oxygens (including phenoxy) is 1. The minimum Gasteiger partial charge on any atom is -0.388 e. The van der Waals surface area contributed by atoms with Gasteiger partial charge in [0.15, 0.2) is 6.23 Å². The zero-order valence-corrected chi connectivity index (χ0v) is 18.3. The molecule has 3 aromatic carbocycles. The Hall–Kier alpha value is -3.43. The molecule has 4 heterocycles. The number of aromatic nitrogens is 2. The number of aliphatic hydroxyl groups is 3. The van der Waals surface area contributed by atoms with Crippen LogP contribution in [0.2, 0.25) is 0 Å². The van der Waals surface area contributed by atoms with E-state index in [0.717, 1.165) is 49.2 Å². The SMILES string of the molecule is CC1OC(n2c3ccccc3c3c4c(c5c6ccccc6[nH]c5c32)CNC4=O)C(O)C(O)C1O. The molecule has 0 bridgehead atoms. The second-order valence-electron chi connectivity index (χ2n) is 9.27. The lowest BCUT2D eigenvalue weighted by Gasteiger charge is -2.40. The van der Waals surface area contributed by atoms with Crippen molar-refractivity contribution in [2.75, 3.05) is 0 Å². The third-order valence-electron chi connectivity index (χ3n) is 7.44. The van der Waals surface area contributed by atoms with Crippen molar-refractivity contribution in [3.05, 3.63) is 59.7 Å². The molecule has 1 amide bonds. The molecule has 2 aliphatic rings. The lowest BCUT2D eigenvalue weighted by molar-refractivity contribution is -0.238. The number of aliphatic hydroxyl groups excluding tert-OH is 3. The highest BCUT2D eigenvalue weighted by Crippen LogP contribution is 2.45. The maximum atomic E-state index is 13.1. The van der Waals surface area contributed by atoms with Gasteiger partial charge >= 0.3 is 0 Å². The number of aromatic amines is 1. The molecule has 2 aliphatic heterocycles. The topological polar surface area (TPSA) is 120 Å². The normalized spacial score (nSPS) is 27.2. The highest BCUT2D eigenvalue weighted by Gasteiger charge is 2.44. The van der Waals surface area contributed by atoms with Crippen LogP contribution in [0.3, 0.4) is 0 Å². The number of fused-ring (bicyclic) bond motifs is 10. The van der Waals surface area contributed by atoms with Crippen molar-refractivity contribution in [3.63, 3.8) is 0 Å². The van der Waals surface area contributed by atoms with Gasteiger partial charge in [-0.3, -0.25) is 4.79 Å². The number of carbonyl (C=O) groups is 1. The van der Waals surface area contributed by atoms with Gasteiger partial charge in [0, 0.05) is 33.6 Å². The molecule has 8 nitrogen and oxygen atoms in total. The van der Waals surface area contributed by atoms with Crippen LogP contribution in [0.25, 0.3) is 43.6 Å². The van der Waals surface area contributed by atoms with Crippen LogP contribution >= 0.6 is 0 Å². The summed E-state index contributed by atoms with van der Waals surface area (Å²) in [6, 6.07) is 15.6. The van der Waals surface area contributed by atoms with E-state index in [0.29, 0.717) is 12.1 Å². The summed E-state index contributed by atoms with van der Waals surface area (Å²) in [5, 5.41) is 38.5. The second-order valence-corrected chi connectivity index (χ2v) is 9.27. The maximum Gasteiger partial charge on any atom is 0.252 e. The Balaban J connectivity index is 1.70. The van der Waals surface area contributed by atoms with E-state index < -0.39 is 30.6 Å². The van der Waals surface area contributed by atoms with Gasteiger partial charge in [0.1, 0.15) is 18.3 Å². The van der Waals surface area contributed by atoms with Crippen LogP contribution in [0.5, 0.6) is 0 Å². The van der Waals surface area contributed by atoms with E-state index >= 15 is 0 Å². The Morgan fingerprint density at radius 2 is 1.68 bits per heavy atom. The van der Waals surface area contributed by atoms with Gasteiger partial charge in [-0.05, 0) is 24.6 Å². The largest absolute Gasteiger partial charge is 0.388 e. The molecule has 1 saturated heterocycles. The molecule has 0 spiro atoms. The van der Waals surface area contributed by atoms with Gasteiger partial charge in [-0.25, -0.2) is 0 Å². The fourth-order valence-corrected chi connectivity index (χ4v) is 5.86. The third-order valence-corrected chi connectivity index (χ3v) is 7.44. The molecular weight excluding hydrogens is 434 g/mol. The second kappa shape index (κ2) is 6.80. The van der Waals surface area contributed by atoms with Crippen molar-refractivity contribution in [2.24, 2.45) is 0 Å². The summed E-state index contributed by atoms with van der Waals surface area (Å²) in [6.07, 6.45) is -5.61. The zero-order chi connectivity index (χ0) is 23.3. The van der Waals surface area contributed by atoms with Crippen LogP contribution in [-0.2, 0) is 11.3 Å². The summed E-state index contributed by atoms with van der Waals surface area (Å²) < 4.78 is 7.97. The smallest absolute Gasteiger partial charge is 0.252 e. The molecule has 5 atom stereocenters. The van der Waals surface area contributed by atoms with E-state index in [-0.39, 0.29) is 5.91 Å². The van der Waals surface area contributed by atoms with Gasteiger partial charge in [0.2, 0.25) is 0 Å². The number of benzene rings is 3. The summed E-state index contributed by atoms with van der Waals surface area (Å²) in [7, 11) is 0. The van der Waals surface area contributed by atoms with Crippen molar-refractivity contribution in [3.8, 4) is 0 Å². The third kappa shape index (κ3) is 2.38. The van der Waals surface area contributed by atoms with Gasteiger partial charge in [0.25, 0.3) is 5.91 Å². The molecule has 7 rings (SSSR count). The molecule has 5 aromatic rings. The lowest BCUT2D eigenvalue weighted by Crippen LogP contribution is -2.54. The standard InChI is InChI=1S/C26H23N3O5/c1-11-22(30)23(31)24(32)26(34-11)29-16-9-5-3-7-13(16)18-19-14(10-27-25(19)33)17-12-6-2-4-8-15(12)28-20(17)21(18)29/h2-9,11,22-24,26,28,30-32H,10H2,1H3,(H,27,33). The molecule has 8 heteroatoms. The molecule has 5 N–H and O–H groups in total. The Kier molecular flexibility index (Phi) is 4.00. The van der Waals surface area contributed by atoms with Gasteiger partial charge < -0.3 is 34.9 Å². The summed E-state index contributed by atoms with van der Waals surface area (Å²) in [5.41, 5.74) is 4.85. The Morgan fingerprint density at radius 3 is 2.50 bits per heavy atom. The van der Waals surface area contributed by atoms with Crippen LogP contribution < -0.4 is 5.32 Å². The first-order valence-corrected chi connectivity index (χ1v) is 11.4. The number of para-hydroxylation sites is 2. The van der Waals surface area contributed by atoms with Crippen molar-refractivity contribution in [1.29, 1.82) is 0 Å². The Labute approximate surface area is 193 Å². The predicted octanol–water partition coefficient (Wildman–Crippen LogP) is 2.67. The number of nitrogens with zero attached hydrogens (tertiary/aromatic N) is 1. The summed E-state index contributed by atoms with van der Waals surface area (Å²) in [6.45, 7) is 2.11. The number of amides is 1. The minimum absolute atomic E-state index is 0.135. The molecular formula is C26H23N3O5. The fourth-order valence-electron chi connectivity index (χ4n) is 5.86. The van der Waals surface area contributed by atoms with Crippen LogP contribution in [-0.4, -0.2) is 55.2 Å². The Morgan fingerprint density at radius 1 is 0.941 bits per heavy atom. The van der Waals surface area contributed by atoms with Crippen LogP contribution in [0.1, 0.15) is 29.1 Å². The number of H-pyrrole nitrogens is 1. The molecule has 0 radical (unpaired) electrons. The monoisotopic (exact) mass is 457 g/mol. The molecule has 0 saturated carbocycles. The number of carbonyl (C=O) groups excluding carboxylic acids is 1. The number of hydrogen-bond acceptors (Lipinski definition) is 5. The molecule has 1 fully saturated rings. The molecule has 5 unspecified atom stereocenters. The number of nitrogens with one attached hydrogen (secondary N) is 2. The first kappa shape index (κ1) is 20.0. The van der Waals surface area contributed by atoms with E-state index in [1.165, 1.54) is 0 Å². The average Bonchev–Trinajstić information content (AvgIpc) is 3.51. The van der Waals surface area contributed by atoms with Crippen molar-refractivity contribution in [1.82, 2.24) is 14.9 Å². The number of hydrogen-bond donors (Lipinski definition) is 5. The summed E-state index contributed by atoms with van der Waals surface area (Å²) in [4.78, 5) is 16.7. The van der Waals surface area contributed by atoms with E-state index in [1.807, 2.05) is 53.1 Å². The van der Waals surface area contributed by atoms with Gasteiger partial charge in [0.05, 0.1) is 28.2 Å². The highest BCUT2D eigenvalue weighted by molar-refractivity contribution is 6.30. The molecule has 2 aromatic heterocycles. The van der Waals surface area contributed by atoms with Crippen molar-refractivity contribution < 1.29 is 24.9 Å². The molecule has 172 valence electrons. The van der Waals surface area contributed by atoms with E-state index in [4.69, 9.17) is 4.74 Å². The van der Waals surface area contributed by atoms with E-state index in [9.17, 15) is 20.1 Å². The first-order valence-electron chi connectivity index (χ1n) is 11.4. The lowest BCUT2D eigenvalue weighted by atomic mass is 9.96. The average molecular weight is 457 g/mol. The summed E-state index contributed by atoms with van der Waals surface area (Å²) >= 11 is 0.